The van der Waals surface area contributed by atoms with Gasteiger partial charge in [0, 0.05) is 6.07 Å². The second-order valence-corrected chi connectivity index (χ2v) is 4.91. The molecule has 0 unspecified atom stereocenters. The van der Waals surface area contributed by atoms with Gasteiger partial charge in [0.05, 0.1) is 22.1 Å². The highest BCUT2D eigenvalue weighted by atomic mass is 16.6. The van der Waals surface area contributed by atoms with Crippen molar-refractivity contribution >= 4 is 5.69 Å². The standard InChI is InChI=1S/C13H15N3O3/c14-8-10-3-4-12(11(7-10)16(17)18)19-9-13(15)5-1-2-6-13/h3-4,7H,1-2,5-6,9,15H2. The quantitative estimate of drug-likeness (QED) is 0.660. The van der Waals surface area contributed by atoms with Crippen molar-refractivity contribution in [3.05, 3.63) is 33.9 Å². The number of nitrogens with two attached hydrogens (primary N) is 1. The van der Waals surface area contributed by atoms with Crippen molar-refractivity contribution in [1.82, 2.24) is 0 Å². The van der Waals surface area contributed by atoms with E-state index in [1.165, 1.54) is 18.2 Å². The van der Waals surface area contributed by atoms with Crippen molar-refractivity contribution in [2.45, 2.75) is 31.2 Å². The Morgan fingerprint density at radius 2 is 2.16 bits per heavy atom. The molecule has 0 saturated heterocycles. The molecular weight excluding hydrogens is 246 g/mol. The monoisotopic (exact) mass is 261 g/mol. The SMILES string of the molecule is N#Cc1ccc(OCC2(N)CCCC2)c([N+](=O)[O-])c1. The van der Waals surface area contributed by atoms with Crippen LogP contribution in [0.3, 0.4) is 0 Å². The van der Waals surface area contributed by atoms with E-state index in [0.29, 0.717) is 0 Å². The maximum atomic E-state index is 11.0. The van der Waals surface area contributed by atoms with Gasteiger partial charge >= 0.3 is 5.69 Å². The summed E-state index contributed by atoms with van der Waals surface area (Å²) in [5.74, 6) is 0.167. The Balaban J connectivity index is 2.16. The minimum atomic E-state index is -0.548. The molecule has 1 aromatic rings. The van der Waals surface area contributed by atoms with E-state index in [1.54, 1.807) is 0 Å². The predicted molar refractivity (Wildman–Crippen MR) is 68.7 cm³/mol. The van der Waals surface area contributed by atoms with Crippen LogP contribution in [0.1, 0.15) is 31.2 Å². The Hall–Kier alpha value is -2.13. The summed E-state index contributed by atoms with van der Waals surface area (Å²) in [6.07, 6.45) is 3.87. The molecule has 0 radical (unpaired) electrons. The van der Waals surface area contributed by atoms with E-state index in [9.17, 15) is 10.1 Å². The molecule has 1 fully saturated rings. The molecule has 1 aliphatic rings. The van der Waals surface area contributed by atoms with E-state index in [-0.39, 0.29) is 29.1 Å². The molecule has 0 aromatic heterocycles. The summed E-state index contributed by atoms with van der Waals surface area (Å²) in [6, 6.07) is 6.04. The molecule has 0 aliphatic heterocycles. The first kappa shape index (κ1) is 13.3. The van der Waals surface area contributed by atoms with E-state index in [1.807, 2.05) is 6.07 Å². The highest BCUT2D eigenvalue weighted by Gasteiger charge is 2.31. The van der Waals surface area contributed by atoms with E-state index >= 15 is 0 Å². The molecule has 0 bridgehead atoms. The smallest absolute Gasteiger partial charge is 0.312 e. The van der Waals surface area contributed by atoms with Gasteiger partial charge in [-0.05, 0) is 25.0 Å². The van der Waals surface area contributed by atoms with Gasteiger partial charge in [-0.3, -0.25) is 10.1 Å². The Morgan fingerprint density at radius 3 is 2.74 bits per heavy atom. The van der Waals surface area contributed by atoms with Gasteiger partial charge in [-0.1, -0.05) is 12.8 Å². The average molecular weight is 261 g/mol. The number of nitriles is 1. The van der Waals surface area contributed by atoms with Crippen LogP contribution in [0, 0.1) is 21.4 Å². The van der Waals surface area contributed by atoms with Crippen molar-refractivity contribution in [2.24, 2.45) is 5.73 Å². The number of nitrogens with zero attached hydrogens (tertiary/aromatic N) is 2. The lowest BCUT2D eigenvalue weighted by Gasteiger charge is -2.23. The van der Waals surface area contributed by atoms with Crippen LogP contribution in [0.25, 0.3) is 0 Å². The zero-order chi connectivity index (χ0) is 13.9. The van der Waals surface area contributed by atoms with Gasteiger partial charge in [0.2, 0.25) is 0 Å². The van der Waals surface area contributed by atoms with Crippen LogP contribution in [0.15, 0.2) is 18.2 Å². The normalized spacial score (nSPS) is 16.8. The molecule has 100 valence electrons. The Morgan fingerprint density at radius 1 is 1.47 bits per heavy atom. The summed E-state index contributed by atoms with van der Waals surface area (Å²) in [4.78, 5) is 10.4. The Kier molecular flexibility index (Phi) is 3.67. The summed E-state index contributed by atoms with van der Waals surface area (Å²) in [6.45, 7) is 0.264. The molecule has 2 N–H and O–H groups in total. The maximum absolute atomic E-state index is 11.0. The molecule has 1 saturated carbocycles. The van der Waals surface area contributed by atoms with Gasteiger partial charge in [0.25, 0.3) is 0 Å². The van der Waals surface area contributed by atoms with Crippen molar-refractivity contribution in [3.8, 4) is 11.8 Å². The fourth-order valence-corrected chi connectivity index (χ4v) is 2.30. The number of hydrogen-bond acceptors (Lipinski definition) is 5. The second kappa shape index (κ2) is 5.24. The molecule has 1 aliphatic carbocycles. The number of ether oxygens (including phenoxy) is 1. The average Bonchev–Trinajstić information content (AvgIpc) is 2.83. The van der Waals surface area contributed by atoms with E-state index in [4.69, 9.17) is 15.7 Å². The van der Waals surface area contributed by atoms with Crippen LogP contribution in [-0.2, 0) is 0 Å². The van der Waals surface area contributed by atoms with E-state index in [2.05, 4.69) is 0 Å². The molecule has 0 spiro atoms. The van der Waals surface area contributed by atoms with Gasteiger partial charge in [-0.25, -0.2) is 0 Å². The zero-order valence-electron chi connectivity index (χ0n) is 10.5. The Labute approximate surface area is 110 Å². The minimum absolute atomic E-state index is 0.167. The largest absolute Gasteiger partial charge is 0.485 e. The van der Waals surface area contributed by atoms with Crippen LogP contribution in [0.2, 0.25) is 0 Å². The molecule has 6 heteroatoms. The van der Waals surface area contributed by atoms with Gasteiger partial charge in [0.1, 0.15) is 6.61 Å². The van der Waals surface area contributed by atoms with Crippen LogP contribution in [0.4, 0.5) is 5.69 Å². The molecule has 6 nitrogen and oxygen atoms in total. The maximum Gasteiger partial charge on any atom is 0.312 e. The van der Waals surface area contributed by atoms with Crippen LogP contribution in [-0.4, -0.2) is 17.1 Å². The molecule has 1 aromatic carbocycles. The first-order valence-electron chi connectivity index (χ1n) is 6.14. The fraction of sp³-hybridized carbons (Fsp3) is 0.462. The van der Waals surface area contributed by atoms with Gasteiger partial charge in [0.15, 0.2) is 5.75 Å². The van der Waals surface area contributed by atoms with Crippen LogP contribution >= 0.6 is 0 Å². The number of nitro benzene ring substituents is 1. The minimum Gasteiger partial charge on any atom is -0.485 e. The molecule has 0 atom stereocenters. The van der Waals surface area contributed by atoms with Gasteiger partial charge in [-0.2, -0.15) is 5.26 Å². The summed E-state index contributed by atoms with van der Waals surface area (Å²) >= 11 is 0. The number of hydrogen-bond donors (Lipinski definition) is 1. The van der Waals surface area contributed by atoms with Gasteiger partial charge in [-0.15, -0.1) is 0 Å². The summed E-state index contributed by atoms with van der Waals surface area (Å²) in [5, 5.41) is 19.7. The molecular formula is C13H15N3O3. The summed E-state index contributed by atoms with van der Waals surface area (Å²) in [7, 11) is 0. The predicted octanol–water partition coefficient (Wildman–Crippen LogP) is 2.12. The van der Waals surface area contributed by atoms with E-state index in [0.717, 1.165) is 25.7 Å². The molecule has 0 amide bonds. The third-order valence-electron chi connectivity index (χ3n) is 3.40. The van der Waals surface area contributed by atoms with Crippen LogP contribution < -0.4 is 10.5 Å². The zero-order valence-corrected chi connectivity index (χ0v) is 10.5. The molecule has 2 rings (SSSR count). The van der Waals surface area contributed by atoms with Crippen molar-refractivity contribution in [3.63, 3.8) is 0 Å². The molecule has 0 heterocycles. The lowest BCUT2D eigenvalue weighted by Crippen LogP contribution is -2.42. The third kappa shape index (κ3) is 3.01. The van der Waals surface area contributed by atoms with Crippen molar-refractivity contribution < 1.29 is 9.66 Å². The number of nitro groups is 1. The fourth-order valence-electron chi connectivity index (χ4n) is 2.30. The topological polar surface area (TPSA) is 102 Å². The van der Waals surface area contributed by atoms with Crippen molar-refractivity contribution in [2.75, 3.05) is 6.61 Å². The lowest BCUT2D eigenvalue weighted by atomic mass is 10.0. The second-order valence-electron chi connectivity index (χ2n) is 4.91. The first-order chi connectivity index (χ1) is 9.04. The van der Waals surface area contributed by atoms with Gasteiger partial charge < -0.3 is 10.5 Å². The first-order valence-corrected chi connectivity index (χ1v) is 6.14. The summed E-state index contributed by atoms with van der Waals surface area (Å²) < 4.78 is 5.51. The third-order valence-corrected chi connectivity index (χ3v) is 3.40. The van der Waals surface area contributed by atoms with Crippen molar-refractivity contribution in [1.29, 1.82) is 5.26 Å². The number of benzene rings is 1. The lowest BCUT2D eigenvalue weighted by molar-refractivity contribution is -0.385. The van der Waals surface area contributed by atoms with Crippen LogP contribution in [0.5, 0.6) is 5.75 Å². The summed E-state index contributed by atoms with van der Waals surface area (Å²) in [5.41, 5.74) is 5.80. The Bertz CT molecular complexity index is 530. The number of rotatable bonds is 4. The van der Waals surface area contributed by atoms with E-state index < -0.39 is 4.92 Å². The molecule has 19 heavy (non-hydrogen) atoms. The highest BCUT2D eigenvalue weighted by Crippen LogP contribution is 2.31. The highest BCUT2D eigenvalue weighted by molar-refractivity contribution is 5.51.